The highest BCUT2D eigenvalue weighted by molar-refractivity contribution is 5.48. The first-order valence-electron chi connectivity index (χ1n) is 7.11. The summed E-state index contributed by atoms with van der Waals surface area (Å²) < 4.78 is 0. The SMILES string of the molecule is c1cncc(CNc2cc(N3CCCCC3)ncn2)c1. The van der Waals surface area contributed by atoms with Crippen molar-refractivity contribution in [3.63, 3.8) is 0 Å². The molecule has 0 spiro atoms. The van der Waals surface area contributed by atoms with E-state index >= 15 is 0 Å². The van der Waals surface area contributed by atoms with Crippen molar-refractivity contribution in [3.8, 4) is 0 Å². The predicted molar refractivity (Wildman–Crippen MR) is 79.7 cm³/mol. The highest BCUT2D eigenvalue weighted by Crippen LogP contribution is 2.19. The van der Waals surface area contributed by atoms with E-state index in [0.29, 0.717) is 0 Å². The Bertz CT molecular complexity index is 537. The lowest BCUT2D eigenvalue weighted by atomic mass is 10.1. The molecule has 0 amide bonds. The molecule has 0 aliphatic carbocycles. The number of nitrogens with one attached hydrogen (secondary N) is 1. The number of pyridine rings is 1. The van der Waals surface area contributed by atoms with Gasteiger partial charge >= 0.3 is 0 Å². The molecule has 3 rings (SSSR count). The van der Waals surface area contributed by atoms with Crippen LogP contribution < -0.4 is 10.2 Å². The summed E-state index contributed by atoms with van der Waals surface area (Å²) >= 11 is 0. The lowest BCUT2D eigenvalue weighted by Crippen LogP contribution is -2.30. The van der Waals surface area contributed by atoms with Crippen molar-refractivity contribution in [2.75, 3.05) is 23.3 Å². The highest BCUT2D eigenvalue weighted by atomic mass is 15.2. The van der Waals surface area contributed by atoms with Gasteiger partial charge in [-0.05, 0) is 30.9 Å². The van der Waals surface area contributed by atoms with Crippen molar-refractivity contribution in [1.82, 2.24) is 15.0 Å². The van der Waals surface area contributed by atoms with E-state index in [2.05, 4.69) is 25.2 Å². The summed E-state index contributed by atoms with van der Waals surface area (Å²) in [5.74, 6) is 1.89. The zero-order valence-corrected chi connectivity index (χ0v) is 11.5. The Morgan fingerprint density at radius 1 is 1.15 bits per heavy atom. The van der Waals surface area contributed by atoms with Gasteiger partial charge in [0.05, 0.1) is 0 Å². The third kappa shape index (κ3) is 3.23. The Balaban J connectivity index is 1.65. The molecule has 1 N–H and O–H groups in total. The normalized spacial score (nSPS) is 15.1. The van der Waals surface area contributed by atoms with Gasteiger partial charge in [0.1, 0.15) is 18.0 Å². The van der Waals surface area contributed by atoms with E-state index in [9.17, 15) is 0 Å². The number of hydrogen-bond acceptors (Lipinski definition) is 5. The van der Waals surface area contributed by atoms with Crippen molar-refractivity contribution in [2.24, 2.45) is 0 Å². The molecular formula is C15H19N5. The van der Waals surface area contributed by atoms with Gasteiger partial charge < -0.3 is 10.2 Å². The second kappa shape index (κ2) is 6.32. The fourth-order valence-corrected chi connectivity index (χ4v) is 2.43. The molecule has 1 fully saturated rings. The smallest absolute Gasteiger partial charge is 0.134 e. The summed E-state index contributed by atoms with van der Waals surface area (Å²) in [5, 5.41) is 3.32. The second-order valence-corrected chi connectivity index (χ2v) is 5.02. The van der Waals surface area contributed by atoms with E-state index in [-0.39, 0.29) is 0 Å². The first kappa shape index (κ1) is 12.8. The maximum atomic E-state index is 4.38. The number of hydrogen-bond donors (Lipinski definition) is 1. The Morgan fingerprint density at radius 2 is 2.05 bits per heavy atom. The first-order valence-corrected chi connectivity index (χ1v) is 7.11. The van der Waals surface area contributed by atoms with Gasteiger partial charge in [-0.15, -0.1) is 0 Å². The number of piperidine rings is 1. The van der Waals surface area contributed by atoms with Crippen LogP contribution in [0.15, 0.2) is 36.9 Å². The molecule has 0 atom stereocenters. The third-order valence-electron chi connectivity index (χ3n) is 3.53. The van der Waals surface area contributed by atoms with Crippen LogP contribution >= 0.6 is 0 Å². The molecule has 104 valence electrons. The van der Waals surface area contributed by atoms with E-state index < -0.39 is 0 Å². The van der Waals surface area contributed by atoms with Crippen LogP contribution in [0, 0.1) is 0 Å². The number of nitrogens with zero attached hydrogens (tertiary/aromatic N) is 4. The zero-order valence-electron chi connectivity index (χ0n) is 11.5. The van der Waals surface area contributed by atoms with Gasteiger partial charge in [-0.1, -0.05) is 6.07 Å². The molecule has 3 heterocycles. The van der Waals surface area contributed by atoms with Crippen molar-refractivity contribution in [3.05, 3.63) is 42.5 Å². The van der Waals surface area contributed by atoms with Gasteiger partial charge in [0.15, 0.2) is 0 Å². The van der Waals surface area contributed by atoms with Crippen LogP contribution in [0.25, 0.3) is 0 Å². The van der Waals surface area contributed by atoms with E-state index in [1.165, 1.54) is 19.3 Å². The van der Waals surface area contributed by atoms with E-state index in [4.69, 9.17) is 0 Å². The summed E-state index contributed by atoms with van der Waals surface area (Å²) in [6, 6.07) is 6.02. The van der Waals surface area contributed by atoms with Gasteiger partial charge in [-0.2, -0.15) is 0 Å². The number of aromatic nitrogens is 3. The largest absolute Gasteiger partial charge is 0.366 e. The standard InChI is InChI=1S/C15H19N5/c1-2-7-20(8-3-1)15-9-14(18-12-19-15)17-11-13-5-4-6-16-10-13/h4-6,9-10,12H,1-3,7-8,11H2,(H,17,18,19). The first-order chi connectivity index (χ1) is 9.92. The summed E-state index contributed by atoms with van der Waals surface area (Å²) in [5.41, 5.74) is 1.14. The molecule has 1 aliphatic heterocycles. The Labute approximate surface area is 119 Å². The highest BCUT2D eigenvalue weighted by Gasteiger charge is 2.12. The molecular weight excluding hydrogens is 250 g/mol. The topological polar surface area (TPSA) is 53.9 Å². The summed E-state index contributed by atoms with van der Waals surface area (Å²) in [6.07, 6.45) is 9.11. The molecule has 1 aliphatic rings. The fraction of sp³-hybridized carbons (Fsp3) is 0.400. The minimum Gasteiger partial charge on any atom is -0.366 e. The summed E-state index contributed by atoms with van der Waals surface area (Å²) in [7, 11) is 0. The van der Waals surface area contributed by atoms with E-state index in [1.54, 1.807) is 12.5 Å². The van der Waals surface area contributed by atoms with Gasteiger partial charge in [-0.25, -0.2) is 9.97 Å². The Hall–Kier alpha value is -2.17. The van der Waals surface area contributed by atoms with Crippen LogP contribution in [0.1, 0.15) is 24.8 Å². The van der Waals surface area contributed by atoms with E-state index in [0.717, 1.165) is 36.8 Å². The molecule has 5 nitrogen and oxygen atoms in total. The maximum Gasteiger partial charge on any atom is 0.134 e. The van der Waals surface area contributed by atoms with Gasteiger partial charge in [0.2, 0.25) is 0 Å². The Morgan fingerprint density at radius 3 is 2.85 bits per heavy atom. The zero-order chi connectivity index (χ0) is 13.6. The molecule has 0 radical (unpaired) electrons. The minimum atomic E-state index is 0.726. The third-order valence-corrected chi connectivity index (χ3v) is 3.53. The van der Waals surface area contributed by atoms with Crippen LogP contribution in [0.4, 0.5) is 11.6 Å². The number of anilines is 2. The van der Waals surface area contributed by atoms with Gasteiger partial charge in [0.25, 0.3) is 0 Å². The minimum absolute atomic E-state index is 0.726. The van der Waals surface area contributed by atoms with Gasteiger partial charge in [0, 0.05) is 38.1 Å². The molecule has 0 unspecified atom stereocenters. The van der Waals surface area contributed by atoms with Crippen LogP contribution in [0.3, 0.4) is 0 Å². The van der Waals surface area contributed by atoms with Crippen LogP contribution in [0.2, 0.25) is 0 Å². The molecule has 20 heavy (non-hydrogen) atoms. The van der Waals surface area contributed by atoms with Crippen LogP contribution in [0.5, 0.6) is 0 Å². The van der Waals surface area contributed by atoms with Gasteiger partial charge in [-0.3, -0.25) is 4.98 Å². The molecule has 2 aromatic heterocycles. The molecule has 0 aromatic carbocycles. The molecule has 2 aromatic rings. The summed E-state index contributed by atoms with van der Waals surface area (Å²) in [4.78, 5) is 15.1. The Kier molecular flexibility index (Phi) is 4.06. The van der Waals surface area contributed by atoms with Crippen molar-refractivity contribution < 1.29 is 0 Å². The fourth-order valence-electron chi connectivity index (χ4n) is 2.43. The molecule has 5 heteroatoms. The van der Waals surface area contributed by atoms with Crippen molar-refractivity contribution in [1.29, 1.82) is 0 Å². The number of rotatable bonds is 4. The maximum absolute atomic E-state index is 4.38. The lowest BCUT2D eigenvalue weighted by molar-refractivity contribution is 0.573. The molecule has 0 saturated carbocycles. The predicted octanol–water partition coefficient (Wildman–Crippen LogP) is 2.47. The van der Waals surface area contributed by atoms with Crippen LogP contribution in [-0.2, 0) is 6.54 Å². The van der Waals surface area contributed by atoms with Crippen molar-refractivity contribution >= 4 is 11.6 Å². The monoisotopic (exact) mass is 269 g/mol. The average molecular weight is 269 g/mol. The summed E-state index contributed by atoms with van der Waals surface area (Å²) in [6.45, 7) is 2.92. The molecule has 0 bridgehead atoms. The van der Waals surface area contributed by atoms with E-state index in [1.807, 2.05) is 24.4 Å². The van der Waals surface area contributed by atoms with Crippen molar-refractivity contribution in [2.45, 2.75) is 25.8 Å². The molecule has 1 saturated heterocycles. The average Bonchev–Trinajstić information content (AvgIpc) is 2.55. The van der Waals surface area contributed by atoms with Crippen LogP contribution in [-0.4, -0.2) is 28.0 Å². The second-order valence-electron chi connectivity index (χ2n) is 5.02. The lowest BCUT2D eigenvalue weighted by Gasteiger charge is -2.27. The quantitative estimate of drug-likeness (QED) is 0.924.